The lowest BCUT2D eigenvalue weighted by molar-refractivity contribution is -0.215. The second-order valence-corrected chi connectivity index (χ2v) is 2.02. The van der Waals surface area contributed by atoms with Crippen molar-refractivity contribution in [1.82, 2.24) is 0 Å². The quantitative estimate of drug-likeness (QED) is 0.456. The van der Waals surface area contributed by atoms with Crippen molar-refractivity contribution >= 4 is 11.4 Å². The summed E-state index contributed by atoms with van der Waals surface area (Å²) in [4.78, 5) is 3.73. The number of hydrogen-bond acceptors (Lipinski definition) is 4. The van der Waals surface area contributed by atoms with Crippen LogP contribution in [0.25, 0.3) is 0 Å². The Morgan fingerprint density at radius 3 is 2.18 bits per heavy atom. The van der Waals surface area contributed by atoms with Crippen molar-refractivity contribution in [3.8, 4) is 0 Å². The van der Waals surface area contributed by atoms with Gasteiger partial charge in [0.15, 0.2) is 0 Å². The van der Waals surface area contributed by atoms with E-state index in [1.54, 1.807) is 12.1 Å². The minimum atomic E-state index is 0.700. The van der Waals surface area contributed by atoms with Crippen LogP contribution in [0, 0.1) is 0 Å². The zero-order valence-electron chi connectivity index (χ0n) is 6.16. The Morgan fingerprint density at radius 2 is 1.73 bits per heavy atom. The van der Waals surface area contributed by atoms with Crippen molar-refractivity contribution in [3.05, 3.63) is 24.3 Å². The molecule has 0 amide bonds. The third-order valence-corrected chi connectivity index (χ3v) is 1.34. The summed E-state index contributed by atoms with van der Waals surface area (Å²) in [6, 6.07) is 7.28. The summed E-state index contributed by atoms with van der Waals surface area (Å²) >= 11 is 0. The van der Waals surface area contributed by atoms with Crippen LogP contribution in [-0.2, 0) is 4.99 Å². The molecule has 1 rings (SSSR count). The van der Waals surface area contributed by atoms with Gasteiger partial charge in [0.25, 0.3) is 0 Å². The van der Waals surface area contributed by atoms with Gasteiger partial charge in [0, 0.05) is 12.7 Å². The first-order valence-corrected chi connectivity index (χ1v) is 3.21. The lowest BCUT2D eigenvalue weighted by Gasteiger charge is -2.02. The smallest absolute Gasteiger partial charge is 0.0636 e. The van der Waals surface area contributed by atoms with Crippen LogP contribution in [0.4, 0.5) is 11.4 Å². The highest BCUT2D eigenvalue weighted by Gasteiger charge is 1.89. The Balaban J connectivity index is 2.66. The number of anilines is 2. The Morgan fingerprint density at radius 1 is 1.18 bits per heavy atom. The van der Waals surface area contributed by atoms with Gasteiger partial charge in [0.1, 0.15) is 0 Å². The van der Waals surface area contributed by atoms with Gasteiger partial charge in [-0.1, -0.05) is 0 Å². The van der Waals surface area contributed by atoms with Crippen LogP contribution >= 0.6 is 0 Å². The van der Waals surface area contributed by atoms with Crippen molar-refractivity contribution in [3.63, 3.8) is 0 Å². The van der Waals surface area contributed by atoms with E-state index in [4.69, 9.17) is 5.26 Å². The van der Waals surface area contributed by atoms with Crippen LogP contribution in [0.2, 0.25) is 0 Å². The molecule has 3 N–H and O–H groups in total. The number of nitrogens with one attached hydrogen (secondary N) is 2. The molecule has 11 heavy (non-hydrogen) atoms. The topological polar surface area (TPSA) is 53.5 Å². The lowest BCUT2D eigenvalue weighted by Crippen LogP contribution is -1.95. The molecule has 0 fully saturated rings. The fourth-order valence-corrected chi connectivity index (χ4v) is 0.758. The van der Waals surface area contributed by atoms with Crippen molar-refractivity contribution in [2.75, 3.05) is 17.8 Å². The molecular weight excluding hydrogens is 144 g/mol. The zero-order chi connectivity index (χ0) is 8.10. The van der Waals surface area contributed by atoms with Gasteiger partial charge < -0.3 is 5.32 Å². The molecule has 0 aliphatic carbocycles. The number of rotatable bonds is 3. The maximum absolute atomic E-state index is 8.02. The second kappa shape index (κ2) is 3.80. The van der Waals surface area contributed by atoms with Crippen LogP contribution in [0.3, 0.4) is 0 Å². The summed E-state index contributed by atoms with van der Waals surface area (Å²) in [7, 11) is 1.84. The molecule has 0 atom stereocenters. The summed E-state index contributed by atoms with van der Waals surface area (Å²) in [5, 5.41) is 11.0. The number of benzene rings is 1. The fourth-order valence-electron chi connectivity index (χ4n) is 0.758. The zero-order valence-corrected chi connectivity index (χ0v) is 6.16. The Bertz CT molecular complexity index is 210. The van der Waals surface area contributed by atoms with Crippen molar-refractivity contribution in [2.45, 2.75) is 0 Å². The third-order valence-electron chi connectivity index (χ3n) is 1.34. The van der Waals surface area contributed by atoms with E-state index in [-0.39, 0.29) is 0 Å². The van der Waals surface area contributed by atoms with Gasteiger partial charge in [-0.25, -0.2) is 10.7 Å². The Labute approximate surface area is 64.7 Å². The fraction of sp³-hybridized carbons (Fsp3) is 0.143. The van der Waals surface area contributed by atoms with Crippen LogP contribution < -0.4 is 10.8 Å². The van der Waals surface area contributed by atoms with Gasteiger partial charge in [-0.15, -0.1) is 4.99 Å². The summed E-state index contributed by atoms with van der Waals surface area (Å²) in [6.07, 6.45) is 0. The summed E-state index contributed by atoms with van der Waals surface area (Å²) in [6.45, 7) is 0. The van der Waals surface area contributed by atoms with Crippen LogP contribution in [0.5, 0.6) is 0 Å². The molecule has 60 valence electrons. The average molecular weight is 154 g/mol. The molecule has 1 aromatic carbocycles. The SMILES string of the molecule is CNc1ccc(NOO)cc1. The highest BCUT2D eigenvalue weighted by molar-refractivity contribution is 5.52. The molecule has 1 aromatic rings. The third kappa shape index (κ3) is 2.10. The predicted octanol–water partition coefficient (Wildman–Crippen LogP) is 1.54. The minimum absolute atomic E-state index is 0.700. The molecule has 0 saturated carbocycles. The van der Waals surface area contributed by atoms with Gasteiger partial charge >= 0.3 is 0 Å². The molecule has 0 aromatic heterocycles. The van der Waals surface area contributed by atoms with Gasteiger partial charge in [-0.05, 0) is 24.3 Å². The van der Waals surface area contributed by atoms with E-state index in [1.807, 2.05) is 19.2 Å². The molecule has 4 nitrogen and oxygen atoms in total. The number of hydrogen-bond donors (Lipinski definition) is 3. The molecule has 0 radical (unpaired) electrons. The maximum Gasteiger partial charge on any atom is 0.0636 e. The van der Waals surface area contributed by atoms with Crippen molar-refractivity contribution in [2.24, 2.45) is 0 Å². The molecule has 0 aliphatic rings. The first kappa shape index (κ1) is 7.84. The highest BCUT2D eigenvalue weighted by Crippen LogP contribution is 2.11. The maximum atomic E-state index is 8.02. The molecular formula is C7H10N2O2. The van der Waals surface area contributed by atoms with Gasteiger partial charge in [-0.2, -0.15) is 0 Å². The van der Waals surface area contributed by atoms with E-state index in [9.17, 15) is 0 Å². The predicted molar refractivity (Wildman–Crippen MR) is 43.3 cm³/mol. The van der Waals surface area contributed by atoms with Crippen molar-refractivity contribution in [1.29, 1.82) is 0 Å². The van der Waals surface area contributed by atoms with E-state index in [0.717, 1.165) is 5.69 Å². The Kier molecular flexibility index (Phi) is 2.71. The first-order valence-electron chi connectivity index (χ1n) is 3.21. The van der Waals surface area contributed by atoms with Crippen LogP contribution in [-0.4, -0.2) is 12.3 Å². The minimum Gasteiger partial charge on any atom is -0.388 e. The molecule has 0 heterocycles. The van der Waals surface area contributed by atoms with Gasteiger partial charge in [0.2, 0.25) is 0 Å². The monoisotopic (exact) mass is 154 g/mol. The van der Waals surface area contributed by atoms with Gasteiger partial charge in [0.05, 0.1) is 5.69 Å². The molecule has 0 unspecified atom stereocenters. The molecule has 0 saturated heterocycles. The van der Waals surface area contributed by atoms with E-state index in [1.165, 1.54) is 0 Å². The average Bonchev–Trinajstić information content (AvgIpc) is 2.07. The van der Waals surface area contributed by atoms with E-state index < -0.39 is 0 Å². The van der Waals surface area contributed by atoms with Gasteiger partial charge in [-0.3, -0.25) is 0 Å². The van der Waals surface area contributed by atoms with E-state index >= 15 is 0 Å². The molecule has 0 bridgehead atoms. The summed E-state index contributed by atoms with van der Waals surface area (Å²) in [5.41, 5.74) is 3.99. The lowest BCUT2D eigenvalue weighted by atomic mass is 10.3. The molecule has 4 heteroatoms. The van der Waals surface area contributed by atoms with Crippen LogP contribution in [0.15, 0.2) is 24.3 Å². The van der Waals surface area contributed by atoms with E-state index in [0.29, 0.717) is 5.69 Å². The summed E-state index contributed by atoms with van der Waals surface area (Å²) in [5.74, 6) is 0. The van der Waals surface area contributed by atoms with E-state index in [2.05, 4.69) is 15.8 Å². The normalized spacial score (nSPS) is 9.27. The highest BCUT2D eigenvalue weighted by atomic mass is 17.2. The second-order valence-electron chi connectivity index (χ2n) is 2.02. The molecule has 0 aliphatic heterocycles. The van der Waals surface area contributed by atoms with Crippen molar-refractivity contribution < 1.29 is 10.2 Å². The molecule has 0 spiro atoms. The Hall–Kier alpha value is -1.26. The standard InChI is InChI=1S/C7H10N2O2/c1-8-6-2-4-7(5-3-6)9-11-10/h2-5,8-10H,1H3. The van der Waals surface area contributed by atoms with Crippen LogP contribution in [0.1, 0.15) is 0 Å². The summed E-state index contributed by atoms with van der Waals surface area (Å²) < 4.78 is 0. The largest absolute Gasteiger partial charge is 0.388 e. The first-order chi connectivity index (χ1) is 5.36.